The van der Waals surface area contributed by atoms with Gasteiger partial charge in [-0.3, -0.25) is 4.79 Å². The highest BCUT2D eigenvalue weighted by molar-refractivity contribution is 7.89. The molecule has 0 fully saturated rings. The number of carbonyl (C=O) groups excluding carboxylic acids is 1. The van der Waals surface area contributed by atoms with Gasteiger partial charge in [0.1, 0.15) is 5.75 Å². The number of hydrogen-bond acceptors (Lipinski definition) is 4. The van der Waals surface area contributed by atoms with Gasteiger partial charge in [-0.2, -0.15) is 13.1 Å². The van der Waals surface area contributed by atoms with Gasteiger partial charge >= 0.3 is 6.61 Å². The van der Waals surface area contributed by atoms with Gasteiger partial charge in [0.2, 0.25) is 10.0 Å². The van der Waals surface area contributed by atoms with E-state index in [2.05, 4.69) is 10.1 Å². The summed E-state index contributed by atoms with van der Waals surface area (Å²) in [6.45, 7) is 3.37. The lowest BCUT2D eigenvalue weighted by Gasteiger charge is -2.19. The third kappa shape index (κ3) is 5.99. The molecule has 2 rings (SSSR count). The highest BCUT2D eigenvalue weighted by Gasteiger charge is 2.23. The zero-order chi connectivity index (χ0) is 22.3. The Morgan fingerprint density at radius 1 is 1.10 bits per heavy atom. The first-order valence-corrected chi connectivity index (χ1v) is 11.1. The number of hydrogen-bond donors (Lipinski definition) is 1. The summed E-state index contributed by atoms with van der Waals surface area (Å²) in [5.74, 6) is -0.304. The maximum Gasteiger partial charge on any atom is 0.387 e. The first kappa shape index (κ1) is 23.8. The smallest absolute Gasteiger partial charge is 0.387 e. The van der Waals surface area contributed by atoms with E-state index in [1.807, 2.05) is 0 Å². The van der Waals surface area contributed by atoms with Gasteiger partial charge in [-0.05, 0) is 48.7 Å². The van der Waals surface area contributed by atoms with Gasteiger partial charge in [-0.25, -0.2) is 8.42 Å². The van der Waals surface area contributed by atoms with E-state index in [4.69, 9.17) is 0 Å². The van der Waals surface area contributed by atoms with Gasteiger partial charge < -0.3 is 10.1 Å². The standard InChI is InChI=1S/C21H26F2N2O4S/c1-4-25(5-2)30(27,28)18-11-6-15(3)19(14-18)20(26)24-13-12-16-7-9-17(10-8-16)29-21(22)23/h6-11,14,21H,4-5,12-13H2,1-3H3,(H,24,26). The second-order valence-corrected chi connectivity index (χ2v) is 8.53. The van der Waals surface area contributed by atoms with E-state index in [0.717, 1.165) is 5.56 Å². The monoisotopic (exact) mass is 440 g/mol. The van der Waals surface area contributed by atoms with Crippen molar-refractivity contribution in [2.75, 3.05) is 19.6 Å². The number of amides is 1. The lowest BCUT2D eigenvalue weighted by molar-refractivity contribution is -0.0498. The molecule has 0 saturated heterocycles. The minimum atomic E-state index is -3.66. The van der Waals surface area contributed by atoms with Gasteiger partial charge in [-0.1, -0.05) is 32.0 Å². The van der Waals surface area contributed by atoms with Crippen molar-refractivity contribution in [2.24, 2.45) is 0 Å². The number of nitrogens with one attached hydrogen (secondary N) is 1. The van der Waals surface area contributed by atoms with Crippen molar-refractivity contribution in [3.8, 4) is 5.75 Å². The Labute approximate surface area is 175 Å². The maximum atomic E-state index is 12.7. The molecule has 30 heavy (non-hydrogen) atoms. The zero-order valence-corrected chi connectivity index (χ0v) is 18.0. The lowest BCUT2D eigenvalue weighted by Crippen LogP contribution is -2.31. The third-order valence-corrected chi connectivity index (χ3v) is 6.69. The van der Waals surface area contributed by atoms with E-state index in [0.29, 0.717) is 37.2 Å². The van der Waals surface area contributed by atoms with Gasteiger partial charge in [-0.15, -0.1) is 0 Å². The summed E-state index contributed by atoms with van der Waals surface area (Å²) >= 11 is 0. The van der Waals surface area contributed by atoms with Crippen LogP contribution in [-0.4, -0.2) is 44.9 Å². The van der Waals surface area contributed by atoms with Crippen molar-refractivity contribution >= 4 is 15.9 Å². The van der Waals surface area contributed by atoms with E-state index < -0.39 is 16.6 Å². The molecule has 0 aromatic heterocycles. The molecule has 2 aromatic carbocycles. The molecule has 0 unspecified atom stereocenters. The quantitative estimate of drug-likeness (QED) is 0.613. The van der Waals surface area contributed by atoms with Gasteiger partial charge in [0.15, 0.2) is 0 Å². The van der Waals surface area contributed by atoms with E-state index >= 15 is 0 Å². The number of rotatable bonds is 10. The summed E-state index contributed by atoms with van der Waals surface area (Å²) in [5, 5.41) is 2.77. The highest BCUT2D eigenvalue weighted by atomic mass is 32.2. The van der Waals surface area contributed by atoms with Crippen molar-refractivity contribution in [1.82, 2.24) is 9.62 Å². The second-order valence-electron chi connectivity index (χ2n) is 6.59. The van der Waals surface area contributed by atoms with Crippen molar-refractivity contribution in [3.05, 3.63) is 59.2 Å². The minimum absolute atomic E-state index is 0.0691. The molecule has 0 atom stereocenters. The average Bonchev–Trinajstić information content (AvgIpc) is 2.69. The molecule has 1 amide bonds. The predicted octanol–water partition coefficient (Wildman–Crippen LogP) is 3.60. The van der Waals surface area contributed by atoms with Crippen LogP contribution in [0.15, 0.2) is 47.4 Å². The Hall–Kier alpha value is -2.52. The molecule has 0 aliphatic rings. The largest absolute Gasteiger partial charge is 0.435 e. The Kier molecular flexibility index (Phi) is 8.31. The molecule has 0 aliphatic carbocycles. The van der Waals surface area contributed by atoms with Crippen LogP contribution in [0.2, 0.25) is 0 Å². The molecule has 9 heteroatoms. The number of carbonyl (C=O) groups is 1. The summed E-state index contributed by atoms with van der Waals surface area (Å²) in [6.07, 6.45) is 0.483. The van der Waals surface area contributed by atoms with Crippen LogP contribution < -0.4 is 10.1 Å². The molecule has 1 N–H and O–H groups in total. The van der Waals surface area contributed by atoms with E-state index in [1.165, 1.54) is 28.6 Å². The first-order chi connectivity index (χ1) is 14.2. The number of benzene rings is 2. The fourth-order valence-corrected chi connectivity index (χ4v) is 4.46. The number of sulfonamides is 1. The highest BCUT2D eigenvalue weighted by Crippen LogP contribution is 2.20. The minimum Gasteiger partial charge on any atom is -0.435 e. The van der Waals surface area contributed by atoms with Crippen LogP contribution in [0.5, 0.6) is 5.75 Å². The van der Waals surface area contributed by atoms with Crippen LogP contribution >= 0.6 is 0 Å². The Balaban J connectivity index is 2.05. The maximum absolute atomic E-state index is 12.7. The van der Waals surface area contributed by atoms with Crippen LogP contribution in [0.25, 0.3) is 0 Å². The number of halogens is 2. The molecule has 6 nitrogen and oxygen atoms in total. The summed E-state index contributed by atoms with van der Waals surface area (Å²) in [5.41, 5.74) is 1.80. The van der Waals surface area contributed by atoms with Crippen molar-refractivity contribution in [1.29, 1.82) is 0 Å². The average molecular weight is 441 g/mol. The molecule has 0 saturated carbocycles. The molecule has 0 bridgehead atoms. The van der Waals surface area contributed by atoms with Crippen LogP contribution in [0.1, 0.15) is 35.3 Å². The molecular formula is C21H26F2N2O4S. The zero-order valence-electron chi connectivity index (χ0n) is 17.2. The predicted molar refractivity (Wildman–Crippen MR) is 110 cm³/mol. The molecule has 164 valence electrons. The Bertz CT molecular complexity index is 959. The summed E-state index contributed by atoms with van der Waals surface area (Å²) in [4.78, 5) is 12.7. The normalized spacial score (nSPS) is 11.7. The molecule has 0 heterocycles. The van der Waals surface area contributed by atoms with Crippen LogP contribution in [0.4, 0.5) is 8.78 Å². The number of aryl methyl sites for hydroxylation is 1. The summed E-state index contributed by atoms with van der Waals surface area (Å²) in [6, 6.07) is 10.7. The summed E-state index contributed by atoms with van der Waals surface area (Å²) < 4.78 is 55.4. The molecule has 0 spiro atoms. The summed E-state index contributed by atoms with van der Waals surface area (Å²) in [7, 11) is -3.66. The number of nitrogens with zero attached hydrogens (tertiary/aromatic N) is 1. The van der Waals surface area contributed by atoms with Gasteiger partial charge in [0.25, 0.3) is 5.91 Å². The van der Waals surface area contributed by atoms with Gasteiger partial charge in [0, 0.05) is 25.2 Å². The SMILES string of the molecule is CCN(CC)S(=O)(=O)c1ccc(C)c(C(=O)NCCc2ccc(OC(F)F)cc2)c1. The van der Waals surface area contributed by atoms with Crippen molar-refractivity contribution < 1.29 is 26.7 Å². The van der Waals surface area contributed by atoms with E-state index in [9.17, 15) is 22.0 Å². The van der Waals surface area contributed by atoms with Crippen LogP contribution in [-0.2, 0) is 16.4 Å². The number of ether oxygens (including phenoxy) is 1. The molecule has 2 aromatic rings. The molecule has 0 aliphatic heterocycles. The van der Waals surface area contributed by atoms with E-state index in [-0.39, 0.29) is 16.6 Å². The molecular weight excluding hydrogens is 414 g/mol. The van der Waals surface area contributed by atoms with Crippen LogP contribution in [0, 0.1) is 6.92 Å². The van der Waals surface area contributed by atoms with Gasteiger partial charge in [0.05, 0.1) is 4.90 Å². The third-order valence-electron chi connectivity index (χ3n) is 4.64. The van der Waals surface area contributed by atoms with Crippen molar-refractivity contribution in [3.63, 3.8) is 0 Å². The fourth-order valence-electron chi connectivity index (χ4n) is 2.97. The van der Waals surface area contributed by atoms with E-state index in [1.54, 1.807) is 39.0 Å². The van der Waals surface area contributed by atoms with Crippen LogP contribution in [0.3, 0.4) is 0 Å². The fraction of sp³-hybridized carbons (Fsp3) is 0.381. The number of alkyl halides is 2. The molecule has 0 radical (unpaired) electrons. The Morgan fingerprint density at radius 2 is 1.73 bits per heavy atom. The topological polar surface area (TPSA) is 75.7 Å². The lowest BCUT2D eigenvalue weighted by atomic mass is 10.1. The second kappa shape index (κ2) is 10.5. The van der Waals surface area contributed by atoms with Crippen molar-refractivity contribution in [2.45, 2.75) is 38.7 Å². The first-order valence-electron chi connectivity index (χ1n) is 9.61. The Morgan fingerprint density at radius 3 is 2.30 bits per heavy atom.